The van der Waals surface area contributed by atoms with Crippen LogP contribution in [0.2, 0.25) is 0 Å². The molecule has 1 fully saturated rings. The lowest BCUT2D eigenvalue weighted by Crippen LogP contribution is -2.39. The molecule has 6 nitrogen and oxygen atoms in total. The van der Waals surface area contributed by atoms with E-state index >= 15 is 0 Å². The van der Waals surface area contributed by atoms with Crippen molar-refractivity contribution in [2.24, 2.45) is 0 Å². The van der Waals surface area contributed by atoms with Crippen molar-refractivity contribution in [1.82, 2.24) is 9.79 Å². The summed E-state index contributed by atoms with van der Waals surface area (Å²) < 4.78 is 28.8. The summed E-state index contributed by atoms with van der Waals surface area (Å²) in [4.78, 5) is 9.31. The van der Waals surface area contributed by atoms with Gasteiger partial charge in [-0.25, -0.2) is 8.42 Å². The van der Waals surface area contributed by atoms with E-state index in [1.807, 2.05) is 0 Å². The molecule has 0 amide bonds. The lowest BCUT2D eigenvalue weighted by Gasteiger charge is -2.26. The van der Waals surface area contributed by atoms with Crippen LogP contribution in [0.1, 0.15) is 0 Å². The van der Waals surface area contributed by atoms with Gasteiger partial charge in [-0.1, -0.05) is 11.0 Å². The Balaban J connectivity index is 1.69. The molecule has 0 saturated carbocycles. The van der Waals surface area contributed by atoms with Gasteiger partial charge in [-0.15, -0.1) is 11.3 Å². The van der Waals surface area contributed by atoms with Crippen molar-refractivity contribution in [3.63, 3.8) is 0 Å². The first kappa shape index (κ1) is 13.9. The average molecular weight is 292 g/mol. The summed E-state index contributed by atoms with van der Waals surface area (Å²) >= 11 is 1.16. The molecule has 0 unspecified atom stereocenters. The van der Waals surface area contributed by atoms with Gasteiger partial charge in [0.2, 0.25) is 0 Å². The van der Waals surface area contributed by atoms with E-state index in [-0.39, 0.29) is 4.21 Å². The third-order valence-electron chi connectivity index (χ3n) is 2.54. The molecule has 2 rings (SSSR count). The van der Waals surface area contributed by atoms with E-state index in [0.717, 1.165) is 37.6 Å². The van der Waals surface area contributed by atoms with E-state index in [2.05, 4.69) is 9.79 Å². The van der Waals surface area contributed by atoms with Crippen LogP contribution >= 0.6 is 11.3 Å². The van der Waals surface area contributed by atoms with Crippen LogP contribution in [0.5, 0.6) is 0 Å². The minimum atomic E-state index is -3.52. The van der Waals surface area contributed by atoms with Gasteiger partial charge in [-0.05, 0) is 11.4 Å². The molecule has 0 aromatic carbocycles. The topological polar surface area (TPSA) is 67.9 Å². The number of ether oxygens (including phenoxy) is 1. The highest BCUT2D eigenvalue weighted by Crippen LogP contribution is 2.14. The Morgan fingerprint density at radius 1 is 1.44 bits per heavy atom. The van der Waals surface area contributed by atoms with E-state index in [4.69, 9.17) is 9.57 Å². The van der Waals surface area contributed by atoms with Crippen LogP contribution in [-0.4, -0.2) is 52.8 Å². The first-order valence-corrected chi connectivity index (χ1v) is 8.02. The first-order chi connectivity index (χ1) is 8.68. The van der Waals surface area contributed by atoms with Crippen LogP contribution in [0.15, 0.2) is 21.7 Å². The summed E-state index contributed by atoms with van der Waals surface area (Å²) in [5.41, 5.74) is 0. The number of morpholine rings is 1. The van der Waals surface area contributed by atoms with Crippen LogP contribution in [-0.2, 0) is 19.6 Å². The predicted octanol–water partition coefficient (Wildman–Crippen LogP) is 0.290. The van der Waals surface area contributed by atoms with Gasteiger partial charge in [0.1, 0.15) is 4.21 Å². The quantitative estimate of drug-likeness (QED) is 0.603. The number of hydrogen-bond acceptors (Lipinski definition) is 6. The molecular formula is C10H16N2O4S2. The lowest BCUT2D eigenvalue weighted by molar-refractivity contribution is 0.0125. The Bertz CT molecular complexity index is 440. The lowest BCUT2D eigenvalue weighted by atomic mass is 10.4. The fourth-order valence-corrected chi connectivity index (χ4v) is 3.38. The Morgan fingerprint density at radius 2 is 2.22 bits per heavy atom. The molecule has 1 aromatic heterocycles. The monoisotopic (exact) mass is 292 g/mol. The van der Waals surface area contributed by atoms with Crippen molar-refractivity contribution in [1.29, 1.82) is 0 Å². The van der Waals surface area contributed by atoms with Gasteiger partial charge >= 0.3 is 0 Å². The number of nitrogens with zero attached hydrogens (tertiary/aromatic N) is 1. The molecular weight excluding hydrogens is 276 g/mol. The van der Waals surface area contributed by atoms with E-state index in [0.29, 0.717) is 13.2 Å². The van der Waals surface area contributed by atoms with E-state index in [1.54, 1.807) is 17.5 Å². The van der Waals surface area contributed by atoms with Crippen molar-refractivity contribution >= 4 is 21.4 Å². The van der Waals surface area contributed by atoms with Crippen LogP contribution < -0.4 is 4.89 Å². The van der Waals surface area contributed by atoms with E-state index in [9.17, 15) is 8.42 Å². The van der Waals surface area contributed by atoms with Crippen molar-refractivity contribution in [3.05, 3.63) is 17.5 Å². The molecule has 0 bridgehead atoms. The molecule has 0 atom stereocenters. The molecule has 1 N–H and O–H groups in total. The highest BCUT2D eigenvalue weighted by atomic mass is 32.2. The van der Waals surface area contributed by atoms with Crippen molar-refractivity contribution in [2.45, 2.75) is 4.21 Å². The Labute approximate surface area is 111 Å². The van der Waals surface area contributed by atoms with Crippen LogP contribution in [0.25, 0.3) is 0 Å². The zero-order valence-corrected chi connectivity index (χ0v) is 11.5. The van der Waals surface area contributed by atoms with Gasteiger partial charge in [-0.2, -0.15) is 0 Å². The molecule has 1 saturated heterocycles. The minimum absolute atomic E-state index is 0.258. The number of thiophene rings is 1. The summed E-state index contributed by atoms with van der Waals surface area (Å²) in [6.45, 7) is 4.19. The van der Waals surface area contributed by atoms with Crippen LogP contribution in [0.4, 0.5) is 0 Å². The van der Waals surface area contributed by atoms with Gasteiger partial charge < -0.3 is 4.74 Å². The molecule has 18 heavy (non-hydrogen) atoms. The summed E-state index contributed by atoms with van der Waals surface area (Å²) in [6, 6.07) is 3.23. The van der Waals surface area contributed by atoms with Crippen molar-refractivity contribution < 1.29 is 18.0 Å². The summed E-state index contributed by atoms with van der Waals surface area (Å²) in [5.74, 6) is 0. The standard InChI is InChI=1S/C10H16N2O4S2/c13-18(14,10-2-1-9-17-10)11-16-8-5-12-3-6-15-7-4-12/h1-2,9,11H,3-8H2. The maximum absolute atomic E-state index is 11.7. The molecule has 0 aliphatic carbocycles. The second-order valence-corrected chi connectivity index (χ2v) is 6.64. The van der Waals surface area contributed by atoms with Gasteiger partial charge in [0.25, 0.3) is 10.0 Å². The van der Waals surface area contributed by atoms with Gasteiger partial charge in [0.05, 0.1) is 19.8 Å². The second-order valence-electron chi connectivity index (χ2n) is 3.82. The zero-order valence-electron chi connectivity index (χ0n) is 9.87. The summed E-state index contributed by atoms with van der Waals surface area (Å²) in [7, 11) is -3.52. The second kappa shape index (κ2) is 6.60. The minimum Gasteiger partial charge on any atom is -0.379 e. The number of hydrogen-bond donors (Lipinski definition) is 1. The number of sulfonamides is 1. The largest absolute Gasteiger partial charge is 0.379 e. The van der Waals surface area contributed by atoms with Crippen LogP contribution in [0, 0.1) is 0 Å². The maximum atomic E-state index is 11.7. The number of rotatable bonds is 6. The molecule has 0 spiro atoms. The van der Waals surface area contributed by atoms with Gasteiger partial charge in [0, 0.05) is 19.6 Å². The zero-order chi connectivity index (χ0) is 12.8. The smallest absolute Gasteiger partial charge is 0.271 e. The maximum Gasteiger partial charge on any atom is 0.271 e. The Kier molecular flexibility index (Phi) is 5.10. The highest BCUT2D eigenvalue weighted by Gasteiger charge is 2.15. The molecule has 1 aromatic rings. The molecule has 0 radical (unpaired) electrons. The highest BCUT2D eigenvalue weighted by molar-refractivity contribution is 7.91. The SMILES string of the molecule is O=S(=O)(NOCCN1CCOCC1)c1cccs1. The summed E-state index contributed by atoms with van der Waals surface area (Å²) in [6.07, 6.45) is 0. The fourth-order valence-electron chi connectivity index (χ4n) is 1.58. The Hall–Kier alpha value is -0.510. The predicted molar refractivity (Wildman–Crippen MR) is 67.9 cm³/mol. The molecule has 2 heterocycles. The van der Waals surface area contributed by atoms with E-state index < -0.39 is 10.0 Å². The fraction of sp³-hybridized carbons (Fsp3) is 0.600. The van der Waals surface area contributed by atoms with Gasteiger partial charge in [0.15, 0.2) is 0 Å². The van der Waals surface area contributed by atoms with E-state index in [1.165, 1.54) is 0 Å². The summed E-state index contributed by atoms with van der Waals surface area (Å²) in [5, 5.41) is 1.71. The molecule has 1 aliphatic heterocycles. The average Bonchev–Trinajstić information content (AvgIpc) is 2.91. The van der Waals surface area contributed by atoms with Crippen molar-refractivity contribution in [3.8, 4) is 0 Å². The third kappa shape index (κ3) is 4.01. The molecule has 8 heteroatoms. The van der Waals surface area contributed by atoms with Crippen molar-refractivity contribution in [2.75, 3.05) is 39.5 Å². The Morgan fingerprint density at radius 3 is 2.89 bits per heavy atom. The normalized spacial score (nSPS) is 18.0. The number of nitrogens with one attached hydrogen (secondary N) is 1. The molecule has 1 aliphatic rings. The third-order valence-corrected chi connectivity index (χ3v) is 5.15. The van der Waals surface area contributed by atoms with Gasteiger partial charge in [-0.3, -0.25) is 9.74 Å². The molecule has 102 valence electrons. The first-order valence-electron chi connectivity index (χ1n) is 5.66. The van der Waals surface area contributed by atoms with Crippen LogP contribution in [0.3, 0.4) is 0 Å².